The van der Waals surface area contributed by atoms with Gasteiger partial charge in [0.25, 0.3) is 0 Å². The third-order valence-electron chi connectivity index (χ3n) is 5.08. The van der Waals surface area contributed by atoms with Crippen LogP contribution in [0.15, 0.2) is 36.4 Å². The van der Waals surface area contributed by atoms with Gasteiger partial charge < -0.3 is 10.2 Å². The van der Waals surface area contributed by atoms with E-state index in [9.17, 15) is 19.8 Å². The molecule has 0 aliphatic heterocycles. The van der Waals surface area contributed by atoms with E-state index in [1.54, 1.807) is 6.08 Å². The van der Waals surface area contributed by atoms with Crippen molar-refractivity contribution in [2.45, 2.75) is 43.5 Å². The number of carboxylic acid groups (broad SMARTS) is 1. The van der Waals surface area contributed by atoms with E-state index in [1.807, 2.05) is 30.3 Å². The van der Waals surface area contributed by atoms with E-state index in [0.29, 0.717) is 19.3 Å². The molecule has 0 bridgehead atoms. The van der Waals surface area contributed by atoms with E-state index in [1.165, 1.54) is 23.1 Å². The van der Waals surface area contributed by atoms with Crippen molar-refractivity contribution in [2.24, 2.45) is 5.92 Å². The molecule has 4 nitrogen and oxygen atoms in total. The summed E-state index contributed by atoms with van der Waals surface area (Å²) in [6.45, 7) is 0. The number of carbonyl (C=O) groups is 2. The minimum atomic E-state index is -0.850. The smallest absolute Gasteiger partial charge is 0.322 e. The average Bonchev–Trinajstić information content (AvgIpc) is 3.27. The molecule has 1 aromatic heterocycles. The molecule has 1 aliphatic rings. The molecular weight excluding hydrogens is 424 g/mol. The number of thiol groups is 1. The largest absolute Gasteiger partial charge is 0.480 e. The third-order valence-corrected chi connectivity index (χ3v) is 8.12. The minimum Gasteiger partial charge on any atom is -0.480 e. The van der Waals surface area contributed by atoms with E-state index in [-0.39, 0.29) is 11.7 Å². The maximum atomic E-state index is 12.0. The summed E-state index contributed by atoms with van der Waals surface area (Å²) < 4.78 is 1.04. The van der Waals surface area contributed by atoms with Crippen molar-refractivity contribution in [3.63, 3.8) is 0 Å². The van der Waals surface area contributed by atoms with Gasteiger partial charge in [-0.2, -0.15) is 12.6 Å². The number of hydrogen-bond acceptors (Lipinski definition) is 6. The molecule has 1 heterocycles. The van der Waals surface area contributed by atoms with Crippen molar-refractivity contribution >= 4 is 57.6 Å². The highest BCUT2D eigenvalue weighted by atomic mass is 32.2. The Morgan fingerprint density at radius 1 is 1.38 bits per heavy atom. The molecule has 0 saturated heterocycles. The van der Waals surface area contributed by atoms with Gasteiger partial charge in [0.2, 0.25) is 0 Å². The van der Waals surface area contributed by atoms with Crippen LogP contribution in [0, 0.1) is 5.92 Å². The second-order valence-electron chi connectivity index (χ2n) is 7.31. The maximum Gasteiger partial charge on any atom is 0.322 e. The number of carboxylic acids is 1. The molecule has 156 valence electrons. The van der Waals surface area contributed by atoms with Gasteiger partial charge >= 0.3 is 5.97 Å². The zero-order valence-corrected chi connectivity index (χ0v) is 18.6. The molecule has 3 atom stereocenters. The first-order valence-electron chi connectivity index (χ1n) is 9.83. The number of aliphatic hydroxyl groups excluding tert-OH is 1. The summed E-state index contributed by atoms with van der Waals surface area (Å²) in [6.07, 6.45) is 6.24. The second-order valence-corrected chi connectivity index (χ2v) is 10.0. The number of ketones is 1. The van der Waals surface area contributed by atoms with E-state index < -0.39 is 17.3 Å². The summed E-state index contributed by atoms with van der Waals surface area (Å²) in [5, 5.41) is 20.8. The lowest BCUT2D eigenvalue weighted by molar-refractivity contribution is -0.136. The molecule has 1 saturated carbocycles. The van der Waals surface area contributed by atoms with Crippen LogP contribution >= 0.6 is 35.7 Å². The summed E-state index contributed by atoms with van der Waals surface area (Å²) in [6, 6.07) is 7.88. The number of benzene rings is 1. The lowest BCUT2D eigenvalue weighted by Gasteiger charge is -2.14. The summed E-state index contributed by atoms with van der Waals surface area (Å²) in [5.74, 6) is 1.09. The van der Waals surface area contributed by atoms with Gasteiger partial charge in [-0.1, -0.05) is 30.4 Å². The maximum absolute atomic E-state index is 12.0. The Labute approximate surface area is 184 Å². The van der Waals surface area contributed by atoms with Gasteiger partial charge in [0.05, 0.1) is 6.10 Å². The zero-order chi connectivity index (χ0) is 20.8. The van der Waals surface area contributed by atoms with Crippen LogP contribution in [0.1, 0.15) is 41.4 Å². The highest BCUT2D eigenvalue weighted by Gasteiger charge is 2.27. The van der Waals surface area contributed by atoms with Gasteiger partial charge in [-0.15, -0.1) is 23.1 Å². The molecule has 0 amide bonds. The molecule has 1 aliphatic carbocycles. The number of thioether (sulfide) groups is 1. The van der Waals surface area contributed by atoms with E-state index in [0.717, 1.165) is 44.9 Å². The fraction of sp³-hybridized carbons (Fsp3) is 0.455. The first-order valence-corrected chi connectivity index (χ1v) is 12.3. The molecule has 1 fully saturated rings. The molecule has 1 aromatic carbocycles. The van der Waals surface area contributed by atoms with Crippen LogP contribution < -0.4 is 0 Å². The van der Waals surface area contributed by atoms with Crippen LogP contribution in [0.3, 0.4) is 0 Å². The van der Waals surface area contributed by atoms with Crippen molar-refractivity contribution in [2.75, 3.05) is 11.5 Å². The Morgan fingerprint density at radius 2 is 2.17 bits per heavy atom. The number of fused-ring (bicyclic) bond motifs is 1. The number of hydrogen-bond donors (Lipinski definition) is 3. The molecule has 3 rings (SSSR count). The highest BCUT2D eigenvalue weighted by molar-refractivity contribution is 8.00. The lowest BCUT2D eigenvalue weighted by Crippen LogP contribution is -2.13. The van der Waals surface area contributed by atoms with Crippen LogP contribution in [0.25, 0.3) is 10.1 Å². The van der Waals surface area contributed by atoms with Crippen LogP contribution in [-0.4, -0.2) is 39.6 Å². The normalized spacial score (nSPS) is 19.2. The molecule has 29 heavy (non-hydrogen) atoms. The van der Waals surface area contributed by atoms with Gasteiger partial charge in [-0.3, -0.25) is 9.59 Å². The predicted octanol–water partition coefficient (Wildman–Crippen LogP) is 4.91. The molecule has 0 spiro atoms. The SMILES string of the molecule is O=C1CC[C@H](/C=C/C(O)Cc2c(C(SCCCS)C(=O)O)sc3ccccc23)C1. The number of Topliss-reactive ketones (excluding diaryl/α,β-unsaturated/α-hetero) is 1. The van der Waals surface area contributed by atoms with Crippen molar-refractivity contribution in [1.82, 2.24) is 0 Å². The Bertz CT molecular complexity index is 889. The molecule has 2 unspecified atom stereocenters. The fourth-order valence-electron chi connectivity index (χ4n) is 3.63. The standard InChI is InChI=1S/C22H26O4S3/c23-15-8-6-14(12-15)7-9-16(24)13-18-17-4-1-2-5-19(17)29-20(18)21(22(25)26)28-11-3-10-27/h1-2,4-5,7,9,14,16,21,24,27H,3,6,8,10-13H2,(H,25,26)/b9-7+/t14-,16?,21?/m1/s1. The van der Waals surface area contributed by atoms with Crippen molar-refractivity contribution in [3.8, 4) is 0 Å². The third kappa shape index (κ3) is 5.87. The van der Waals surface area contributed by atoms with Crippen LogP contribution in [0.2, 0.25) is 0 Å². The van der Waals surface area contributed by atoms with Gasteiger partial charge in [0.1, 0.15) is 11.0 Å². The first kappa shape index (κ1) is 22.4. The van der Waals surface area contributed by atoms with Gasteiger partial charge in [0.15, 0.2) is 0 Å². The summed E-state index contributed by atoms with van der Waals surface area (Å²) in [7, 11) is 0. The Balaban J connectivity index is 1.84. The number of aliphatic hydroxyl groups is 1. The highest BCUT2D eigenvalue weighted by Crippen LogP contribution is 2.42. The quantitative estimate of drug-likeness (QED) is 0.272. The predicted molar refractivity (Wildman–Crippen MR) is 124 cm³/mol. The second kappa shape index (κ2) is 10.7. The van der Waals surface area contributed by atoms with Crippen molar-refractivity contribution in [1.29, 1.82) is 0 Å². The molecule has 2 N–H and O–H groups in total. The first-order chi connectivity index (χ1) is 14.0. The number of thiophene rings is 1. The average molecular weight is 451 g/mol. The number of aliphatic carboxylic acids is 1. The Morgan fingerprint density at radius 3 is 2.86 bits per heavy atom. The number of rotatable bonds is 10. The van der Waals surface area contributed by atoms with Crippen LogP contribution in [-0.2, 0) is 16.0 Å². The zero-order valence-electron chi connectivity index (χ0n) is 16.1. The van der Waals surface area contributed by atoms with Gasteiger partial charge in [-0.25, -0.2) is 0 Å². The summed E-state index contributed by atoms with van der Waals surface area (Å²) in [5.41, 5.74) is 0.913. The Hall–Kier alpha value is -1.28. The van der Waals surface area contributed by atoms with E-state index in [4.69, 9.17) is 0 Å². The van der Waals surface area contributed by atoms with Gasteiger partial charge in [-0.05, 0) is 47.3 Å². The Kier molecular flexibility index (Phi) is 8.24. The van der Waals surface area contributed by atoms with Crippen molar-refractivity contribution in [3.05, 3.63) is 46.9 Å². The lowest BCUT2D eigenvalue weighted by atomic mass is 10.0. The van der Waals surface area contributed by atoms with Crippen molar-refractivity contribution < 1.29 is 19.8 Å². The molecule has 2 aromatic rings. The number of carbonyl (C=O) groups excluding carboxylic acids is 1. The van der Waals surface area contributed by atoms with E-state index >= 15 is 0 Å². The fourth-order valence-corrected chi connectivity index (χ4v) is 6.55. The monoisotopic (exact) mass is 450 g/mol. The molecule has 0 radical (unpaired) electrons. The summed E-state index contributed by atoms with van der Waals surface area (Å²) in [4.78, 5) is 24.2. The topological polar surface area (TPSA) is 74.6 Å². The molecule has 7 heteroatoms. The van der Waals surface area contributed by atoms with E-state index in [2.05, 4.69) is 12.6 Å². The van der Waals surface area contributed by atoms with Crippen LogP contribution in [0.4, 0.5) is 0 Å². The summed E-state index contributed by atoms with van der Waals surface area (Å²) >= 11 is 7.14. The molecular formula is C22H26O4S3. The van der Waals surface area contributed by atoms with Crippen LogP contribution in [0.5, 0.6) is 0 Å². The number of allylic oxidation sites excluding steroid dienone is 1. The minimum absolute atomic E-state index is 0.208. The van der Waals surface area contributed by atoms with Gasteiger partial charge in [0, 0.05) is 28.8 Å².